The molecule has 1 aromatic carbocycles. The molecule has 1 aliphatic carbocycles. The van der Waals surface area contributed by atoms with Gasteiger partial charge in [-0.3, -0.25) is 14.4 Å². The first-order chi connectivity index (χ1) is 15.9. The van der Waals surface area contributed by atoms with Crippen molar-refractivity contribution in [3.8, 4) is 0 Å². The van der Waals surface area contributed by atoms with E-state index in [0.717, 1.165) is 18.4 Å². The van der Waals surface area contributed by atoms with Crippen molar-refractivity contribution in [2.75, 3.05) is 0 Å². The second kappa shape index (κ2) is 12.5. The first-order valence-electron chi connectivity index (χ1n) is 13.0. The van der Waals surface area contributed by atoms with E-state index in [-0.39, 0.29) is 30.3 Å². The molecule has 1 amide bonds. The fraction of sp³-hybridized carbons (Fsp3) is 0.690. The number of benzene rings is 1. The van der Waals surface area contributed by atoms with Gasteiger partial charge in [-0.05, 0) is 63.4 Å². The zero-order valence-corrected chi connectivity index (χ0v) is 22.2. The van der Waals surface area contributed by atoms with Gasteiger partial charge in [0.05, 0.1) is 12.5 Å². The third-order valence-electron chi connectivity index (χ3n) is 6.97. The fourth-order valence-electron chi connectivity index (χ4n) is 5.09. The predicted octanol–water partition coefficient (Wildman–Crippen LogP) is 6.27. The lowest BCUT2D eigenvalue weighted by molar-refractivity contribution is -0.157. The van der Waals surface area contributed by atoms with Crippen LogP contribution in [0.25, 0.3) is 0 Å². The zero-order chi connectivity index (χ0) is 25.5. The molecule has 0 aromatic heterocycles. The summed E-state index contributed by atoms with van der Waals surface area (Å²) in [6.45, 7) is 13.9. The summed E-state index contributed by atoms with van der Waals surface area (Å²) in [5.74, 6) is 0.876. The van der Waals surface area contributed by atoms with Crippen LogP contribution in [-0.4, -0.2) is 23.3 Å². The highest BCUT2D eigenvalue weighted by molar-refractivity contribution is 5.84. The highest BCUT2D eigenvalue weighted by atomic mass is 16.6. The molecule has 0 bridgehead atoms. The van der Waals surface area contributed by atoms with Gasteiger partial charge in [-0.25, -0.2) is 0 Å². The van der Waals surface area contributed by atoms with Crippen molar-refractivity contribution in [3.05, 3.63) is 35.9 Å². The Balaban J connectivity index is 2.05. The lowest BCUT2D eigenvalue weighted by Crippen LogP contribution is -2.36. The number of hydrogen-bond donors (Lipinski definition) is 1. The van der Waals surface area contributed by atoms with Crippen LogP contribution in [0.3, 0.4) is 0 Å². The number of carbonyl (C=O) groups excluding carboxylic acids is 3. The van der Waals surface area contributed by atoms with E-state index in [2.05, 4.69) is 26.1 Å². The number of esters is 1. The van der Waals surface area contributed by atoms with Crippen molar-refractivity contribution in [2.24, 2.45) is 29.6 Å². The van der Waals surface area contributed by atoms with Gasteiger partial charge in [0.1, 0.15) is 11.4 Å². The second-order valence-electron chi connectivity index (χ2n) is 11.6. The van der Waals surface area contributed by atoms with Crippen LogP contribution in [0.15, 0.2) is 30.3 Å². The van der Waals surface area contributed by atoms with Crippen LogP contribution in [0.2, 0.25) is 0 Å². The lowest BCUT2D eigenvalue weighted by atomic mass is 9.68. The van der Waals surface area contributed by atoms with Crippen LogP contribution in [-0.2, 0) is 19.1 Å². The Bertz CT molecular complexity index is 811. The minimum absolute atomic E-state index is 0.0274. The molecule has 1 aromatic rings. The van der Waals surface area contributed by atoms with Gasteiger partial charge >= 0.3 is 5.97 Å². The molecule has 0 aliphatic heterocycles. The Morgan fingerprint density at radius 2 is 1.71 bits per heavy atom. The maximum atomic E-state index is 13.3. The van der Waals surface area contributed by atoms with E-state index in [4.69, 9.17) is 4.74 Å². The summed E-state index contributed by atoms with van der Waals surface area (Å²) in [6, 6.07) is 9.52. The normalized spacial score (nSPS) is 22.6. The van der Waals surface area contributed by atoms with Gasteiger partial charge in [0.25, 0.3) is 0 Å². The van der Waals surface area contributed by atoms with Crippen LogP contribution >= 0.6 is 0 Å². The van der Waals surface area contributed by atoms with Crippen LogP contribution in [0.5, 0.6) is 0 Å². The van der Waals surface area contributed by atoms with E-state index < -0.39 is 11.5 Å². The molecular weight excluding hydrogens is 426 g/mol. The van der Waals surface area contributed by atoms with Crippen molar-refractivity contribution in [1.82, 2.24) is 5.32 Å². The van der Waals surface area contributed by atoms with Crippen LogP contribution in [0.1, 0.15) is 98.6 Å². The summed E-state index contributed by atoms with van der Waals surface area (Å²) in [7, 11) is 0. The van der Waals surface area contributed by atoms with Crippen molar-refractivity contribution < 1.29 is 19.1 Å². The van der Waals surface area contributed by atoms with E-state index in [1.165, 1.54) is 6.42 Å². The number of amides is 1. The molecule has 0 spiro atoms. The van der Waals surface area contributed by atoms with Gasteiger partial charge in [-0.2, -0.15) is 0 Å². The van der Waals surface area contributed by atoms with Gasteiger partial charge in [-0.15, -0.1) is 0 Å². The molecule has 5 heteroatoms. The molecule has 5 nitrogen and oxygen atoms in total. The van der Waals surface area contributed by atoms with Gasteiger partial charge in [0, 0.05) is 18.3 Å². The molecule has 0 heterocycles. The Hall–Kier alpha value is -2.17. The minimum atomic E-state index is -0.579. The van der Waals surface area contributed by atoms with Crippen LogP contribution in [0.4, 0.5) is 0 Å². The molecule has 1 fully saturated rings. The average molecular weight is 472 g/mol. The molecule has 0 unspecified atom stereocenters. The Kier molecular flexibility index (Phi) is 10.3. The van der Waals surface area contributed by atoms with Gasteiger partial charge in [-0.1, -0.05) is 64.4 Å². The molecule has 0 saturated heterocycles. The summed E-state index contributed by atoms with van der Waals surface area (Å²) in [6.07, 6.45) is 4.32. The summed E-state index contributed by atoms with van der Waals surface area (Å²) in [5, 5.41) is 3.10. The van der Waals surface area contributed by atoms with Crippen molar-refractivity contribution in [3.63, 3.8) is 0 Å². The summed E-state index contributed by atoms with van der Waals surface area (Å²) >= 11 is 0. The van der Waals surface area contributed by atoms with Gasteiger partial charge in [0.15, 0.2) is 0 Å². The quantitative estimate of drug-likeness (QED) is 0.408. The number of nitrogens with one attached hydrogen (secondary N) is 1. The molecule has 34 heavy (non-hydrogen) atoms. The van der Waals surface area contributed by atoms with E-state index in [1.54, 1.807) is 6.92 Å². The highest BCUT2D eigenvalue weighted by Crippen LogP contribution is 2.39. The molecule has 190 valence electrons. The standard InChI is InChI=1S/C29H45NO4/c1-19(2)23-14-13-20(3)17-24(23)26(31)16-15-25(22-11-9-8-10-12-22)30-28(33)21(4)18-27(32)34-29(5,6)7/h8-12,19-21,23-25H,13-18H2,1-7H3,(H,30,33)/t20-,21+,23+,24-,25+/m1/s1. The second-order valence-corrected chi connectivity index (χ2v) is 11.6. The van der Waals surface area contributed by atoms with Crippen LogP contribution in [0, 0.1) is 29.6 Å². The minimum Gasteiger partial charge on any atom is -0.460 e. The number of ketones is 1. The van der Waals surface area contributed by atoms with E-state index in [1.807, 2.05) is 51.1 Å². The maximum Gasteiger partial charge on any atom is 0.307 e. The monoisotopic (exact) mass is 471 g/mol. The van der Waals surface area contributed by atoms with Crippen molar-refractivity contribution in [2.45, 2.75) is 98.6 Å². The van der Waals surface area contributed by atoms with Crippen molar-refractivity contribution >= 4 is 17.7 Å². The van der Waals surface area contributed by atoms with Gasteiger partial charge in [0.2, 0.25) is 5.91 Å². The van der Waals surface area contributed by atoms with E-state index in [0.29, 0.717) is 36.4 Å². The average Bonchev–Trinajstić information content (AvgIpc) is 2.75. The number of carbonyl (C=O) groups is 3. The van der Waals surface area contributed by atoms with Crippen molar-refractivity contribution in [1.29, 1.82) is 0 Å². The molecule has 2 rings (SSSR count). The molecule has 1 N–H and O–H groups in total. The number of rotatable bonds is 10. The third-order valence-corrected chi connectivity index (χ3v) is 6.97. The molecule has 5 atom stereocenters. The largest absolute Gasteiger partial charge is 0.460 e. The first kappa shape index (κ1) is 28.1. The number of ether oxygens (including phenoxy) is 1. The highest BCUT2D eigenvalue weighted by Gasteiger charge is 2.35. The van der Waals surface area contributed by atoms with E-state index >= 15 is 0 Å². The zero-order valence-electron chi connectivity index (χ0n) is 22.2. The molecule has 0 radical (unpaired) electrons. The van der Waals surface area contributed by atoms with Crippen LogP contribution < -0.4 is 5.32 Å². The SMILES string of the molecule is CC(C)[C@@H]1CC[C@@H](C)C[C@H]1C(=O)CC[C@H](NC(=O)[C@@H](C)CC(=O)OC(C)(C)C)c1ccccc1. The number of Topliss-reactive ketones (excluding diaryl/α,β-unsaturated/α-hetero) is 1. The lowest BCUT2D eigenvalue weighted by Gasteiger charge is -2.36. The predicted molar refractivity (Wildman–Crippen MR) is 136 cm³/mol. The maximum absolute atomic E-state index is 13.3. The Labute approximate surface area is 206 Å². The summed E-state index contributed by atoms with van der Waals surface area (Å²) in [5.41, 5.74) is 0.399. The van der Waals surface area contributed by atoms with Gasteiger partial charge < -0.3 is 10.1 Å². The fourth-order valence-corrected chi connectivity index (χ4v) is 5.09. The smallest absolute Gasteiger partial charge is 0.307 e. The topological polar surface area (TPSA) is 72.5 Å². The molecule has 1 saturated carbocycles. The number of hydrogen-bond acceptors (Lipinski definition) is 4. The summed E-state index contributed by atoms with van der Waals surface area (Å²) in [4.78, 5) is 38.5. The molecular formula is C29H45NO4. The molecule has 1 aliphatic rings. The third kappa shape index (κ3) is 8.88. The summed E-state index contributed by atoms with van der Waals surface area (Å²) < 4.78 is 5.37. The Morgan fingerprint density at radius 1 is 1.06 bits per heavy atom. The Morgan fingerprint density at radius 3 is 2.29 bits per heavy atom. The van der Waals surface area contributed by atoms with E-state index in [9.17, 15) is 14.4 Å². The first-order valence-corrected chi connectivity index (χ1v) is 13.0.